The normalized spacial score (nSPS) is 35.0. The number of likely N-dealkylation sites (N-methyl/N-ethyl adjacent to an activating group) is 1. The lowest BCUT2D eigenvalue weighted by molar-refractivity contribution is 0.0504. The Balaban J connectivity index is 1.82. The van der Waals surface area contributed by atoms with Crippen LogP contribution >= 0.6 is 0 Å². The Morgan fingerprint density at radius 2 is 1.94 bits per heavy atom. The minimum absolute atomic E-state index is 0.451. The summed E-state index contributed by atoms with van der Waals surface area (Å²) in [7, 11) is 2.23. The van der Waals surface area contributed by atoms with Crippen LogP contribution in [-0.4, -0.2) is 43.8 Å². The second-order valence-electron chi connectivity index (χ2n) is 6.40. The largest absolute Gasteiger partial charge is 0.377 e. The smallest absolute Gasteiger partial charge is 0.0702 e. The summed E-state index contributed by atoms with van der Waals surface area (Å²) < 4.78 is 5.74. The molecule has 0 bridgehead atoms. The van der Waals surface area contributed by atoms with Crippen molar-refractivity contribution in [3.05, 3.63) is 0 Å². The molecule has 2 unspecified atom stereocenters. The van der Waals surface area contributed by atoms with Crippen LogP contribution in [-0.2, 0) is 4.74 Å². The van der Waals surface area contributed by atoms with Gasteiger partial charge in [-0.1, -0.05) is 19.8 Å². The average molecular weight is 254 g/mol. The number of nitrogens with two attached hydrogens (primary N) is 1. The fourth-order valence-electron chi connectivity index (χ4n) is 3.65. The Morgan fingerprint density at radius 3 is 2.50 bits per heavy atom. The van der Waals surface area contributed by atoms with Gasteiger partial charge in [-0.15, -0.1) is 0 Å². The molecular formula is C15H30N2O. The van der Waals surface area contributed by atoms with Crippen molar-refractivity contribution < 1.29 is 4.74 Å². The van der Waals surface area contributed by atoms with Crippen LogP contribution < -0.4 is 5.73 Å². The Hall–Kier alpha value is -0.120. The highest BCUT2D eigenvalue weighted by molar-refractivity contribution is 4.84. The van der Waals surface area contributed by atoms with Crippen LogP contribution in [0.4, 0.5) is 0 Å². The van der Waals surface area contributed by atoms with E-state index in [0.29, 0.717) is 12.1 Å². The summed E-state index contributed by atoms with van der Waals surface area (Å²) >= 11 is 0. The summed E-state index contributed by atoms with van der Waals surface area (Å²) in [5, 5.41) is 0. The SMILES string of the molecule is CC1CCC(C(CN)N(C)CC2CCCO2)CC1. The average Bonchev–Trinajstić information content (AvgIpc) is 2.85. The minimum atomic E-state index is 0.451. The minimum Gasteiger partial charge on any atom is -0.377 e. The molecule has 106 valence electrons. The maximum absolute atomic E-state index is 6.03. The van der Waals surface area contributed by atoms with Gasteiger partial charge in [0.15, 0.2) is 0 Å². The molecule has 0 aromatic heterocycles. The first kappa shape index (κ1) is 14.3. The first-order chi connectivity index (χ1) is 8.70. The Labute approximate surface area is 112 Å². The number of hydrogen-bond donors (Lipinski definition) is 1. The Bertz CT molecular complexity index is 233. The van der Waals surface area contributed by atoms with Crippen LogP contribution in [0.3, 0.4) is 0 Å². The molecule has 2 N–H and O–H groups in total. The first-order valence-corrected chi connectivity index (χ1v) is 7.72. The lowest BCUT2D eigenvalue weighted by Gasteiger charge is -2.38. The van der Waals surface area contributed by atoms with E-state index < -0.39 is 0 Å². The predicted molar refractivity (Wildman–Crippen MR) is 75.6 cm³/mol. The third kappa shape index (κ3) is 3.69. The van der Waals surface area contributed by atoms with Gasteiger partial charge in [-0.3, -0.25) is 4.90 Å². The fourth-order valence-corrected chi connectivity index (χ4v) is 3.65. The lowest BCUT2D eigenvalue weighted by atomic mass is 9.79. The maximum Gasteiger partial charge on any atom is 0.0702 e. The molecule has 2 fully saturated rings. The van der Waals surface area contributed by atoms with E-state index >= 15 is 0 Å². The van der Waals surface area contributed by atoms with E-state index in [0.717, 1.165) is 31.5 Å². The van der Waals surface area contributed by atoms with Crippen LogP contribution in [0.15, 0.2) is 0 Å². The zero-order chi connectivity index (χ0) is 13.0. The zero-order valence-corrected chi connectivity index (χ0v) is 12.1. The van der Waals surface area contributed by atoms with Crippen LogP contribution in [0.1, 0.15) is 45.4 Å². The molecule has 1 saturated carbocycles. The van der Waals surface area contributed by atoms with Gasteiger partial charge < -0.3 is 10.5 Å². The highest BCUT2D eigenvalue weighted by atomic mass is 16.5. The molecule has 18 heavy (non-hydrogen) atoms. The van der Waals surface area contributed by atoms with E-state index in [4.69, 9.17) is 10.5 Å². The summed E-state index contributed by atoms with van der Waals surface area (Å²) in [4.78, 5) is 2.47. The van der Waals surface area contributed by atoms with Gasteiger partial charge in [0.25, 0.3) is 0 Å². The quantitative estimate of drug-likeness (QED) is 0.818. The number of hydrogen-bond acceptors (Lipinski definition) is 3. The molecule has 2 atom stereocenters. The summed E-state index contributed by atoms with van der Waals surface area (Å²) in [6.45, 7) is 5.19. The Morgan fingerprint density at radius 1 is 1.22 bits per heavy atom. The summed E-state index contributed by atoms with van der Waals surface area (Å²) in [6, 6.07) is 0.557. The van der Waals surface area contributed by atoms with E-state index in [1.54, 1.807) is 0 Å². The molecule has 0 aromatic rings. The number of rotatable bonds is 5. The van der Waals surface area contributed by atoms with Gasteiger partial charge in [0.1, 0.15) is 0 Å². The second kappa shape index (κ2) is 6.88. The highest BCUT2D eigenvalue weighted by Crippen LogP contribution is 2.32. The molecule has 1 aliphatic carbocycles. The van der Waals surface area contributed by atoms with Crippen molar-refractivity contribution >= 4 is 0 Å². The molecule has 3 heteroatoms. The lowest BCUT2D eigenvalue weighted by Crippen LogP contribution is -2.47. The molecular weight excluding hydrogens is 224 g/mol. The molecule has 0 aromatic carbocycles. The molecule has 1 aliphatic heterocycles. The van der Waals surface area contributed by atoms with Crippen molar-refractivity contribution in [1.29, 1.82) is 0 Å². The molecule has 1 heterocycles. The van der Waals surface area contributed by atoms with Gasteiger partial charge in [0, 0.05) is 25.7 Å². The van der Waals surface area contributed by atoms with Crippen LogP contribution in [0.25, 0.3) is 0 Å². The van der Waals surface area contributed by atoms with Crippen LogP contribution in [0.5, 0.6) is 0 Å². The van der Waals surface area contributed by atoms with Gasteiger partial charge in [0.05, 0.1) is 6.10 Å². The van der Waals surface area contributed by atoms with Gasteiger partial charge in [-0.25, -0.2) is 0 Å². The first-order valence-electron chi connectivity index (χ1n) is 7.72. The fraction of sp³-hybridized carbons (Fsp3) is 1.00. The molecule has 2 rings (SSSR count). The molecule has 0 spiro atoms. The molecule has 1 saturated heterocycles. The third-order valence-electron chi connectivity index (χ3n) is 4.93. The van der Waals surface area contributed by atoms with Crippen molar-refractivity contribution in [3.8, 4) is 0 Å². The van der Waals surface area contributed by atoms with Crippen molar-refractivity contribution in [3.63, 3.8) is 0 Å². The molecule has 2 aliphatic rings. The van der Waals surface area contributed by atoms with Crippen molar-refractivity contribution in [2.24, 2.45) is 17.6 Å². The third-order valence-corrected chi connectivity index (χ3v) is 4.93. The van der Waals surface area contributed by atoms with Crippen molar-refractivity contribution in [2.75, 3.05) is 26.7 Å². The van der Waals surface area contributed by atoms with Gasteiger partial charge in [0.2, 0.25) is 0 Å². The molecule has 0 amide bonds. The van der Waals surface area contributed by atoms with Crippen LogP contribution in [0, 0.1) is 11.8 Å². The highest BCUT2D eigenvalue weighted by Gasteiger charge is 2.29. The van der Waals surface area contributed by atoms with Crippen molar-refractivity contribution in [2.45, 2.75) is 57.6 Å². The summed E-state index contributed by atoms with van der Waals surface area (Å²) in [6.07, 6.45) is 8.39. The summed E-state index contributed by atoms with van der Waals surface area (Å²) in [5.74, 6) is 1.72. The van der Waals surface area contributed by atoms with E-state index in [1.807, 2.05) is 0 Å². The molecule has 3 nitrogen and oxygen atoms in total. The van der Waals surface area contributed by atoms with E-state index in [-0.39, 0.29) is 0 Å². The van der Waals surface area contributed by atoms with Crippen LogP contribution in [0.2, 0.25) is 0 Å². The van der Waals surface area contributed by atoms with Crippen molar-refractivity contribution in [1.82, 2.24) is 4.90 Å². The zero-order valence-electron chi connectivity index (χ0n) is 12.1. The number of nitrogens with zero attached hydrogens (tertiary/aromatic N) is 1. The monoisotopic (exact) mass is 254 g/mol. The maximum atomic E-state index is 6.03. The Kier molecular flexibility index (Phi) is 5.46. The van der Waals surface area contributed by atoms with Gasteiger partial charge in [-0.2, -0.15) is 0 Å². The van der Waals surface area contributed by atoms with E-state index in [2.05, 4.69) is 18.9 Å². The van der Waals surface area contributed by atoms with E-state index in [9.17, 15) is 0 Å². The van der Waals surface area contributed by atoms with Gasteiger partial charge >= 0.3 is 0 Å². The topological polar surface area (TPSA) is 38.5 Å². The van der Waals surface area contributed by atoms with Gasteiger partial charge in [-0.05, 0) is 44.6 Å². The number of ether oxygens (including phenoxy) is 1. The standard InChI is InChI=1S/C15H30N2O/c1-12-5-7-13(8-6-12)15(10-16)17(2)11-14-4-3-9-18-14/h12-15H,3-11,16H2,1-2H3. The van der Waals surface area contributed by atoms with E-state index in [1.165, 1.54) is 38.5 Å². The summed E-state index contributed by atoms with van der Waals surface area (Å²) in [5.41, 5.74) is 6.03. The predicted octanol–water partition coefficient (Wildman–Crippen LogP) is 2.25. The molecule has 0 radical (unpaired) electrons. The second-order valence-corrected chi connectivity index (χ2v) is 6.40.